The molecule has 0 spiro atoms. The lowest BCUT2D eigenvalue weighted by molar-refractivity contribution is 0.602. The van der Waals surface area contributed by atoms with Crippen molar-refractivity contribution in [2.75, 3.05) is 6.26 Å². The van der Waals surface area contributed by atoms with Crippen LogP contribution in [0.3, 0.4) is 0 Å². The van der Waals surface area contributed by atoms with Crippen LogP contribution in [-0.4, -0.2) is 24.5 Å². The lowest BCUT2D eigenvalue weighted by Crippen LogP contribution is -2.00. The topological polar surface area (TPSA) is 52.0 Å². The lowest BCUT2D eigenvalue weighted by atomic mass is 10.0. The Bertz CT molecular complexity index is 1210. The maximum Gasteiger partial charge on any atom is 0.175 e. The summed E-state index contributed by atoms with van der Waals surface area (Å²) in [7, 11) is -3.25. The van der Waals surface area contributed by atoms with Crippen LogP contribution in [-0.2, 0) is 9.84 Å². The molecule has 28 heavy (non-hydrogen) atoms. The fraction of sp³-hybridized carbons (Fsp3) is 0.0455. The smallest absolute Gasteiger partial charge is 0.175 e. The second-order valence-electron chi connectivity index (χ2n) is 6.46. The Labute approximate surface area is 169 Å². The monoisotopic (exact) mass is 408 g/mol. The van der Waals surface area contributed by atoms with Crippen molar-refractivity contribution in [3.05, 3.63) is 90.1 Å². The summed E-state index contributed by atoms with van der Waals surface area (Å²) < 4.78 is 25.5. The van der Waals surface area contributed by atoms with Gasteiger partial charge in [-0.05, 0) is 42.0 Å². The molecule has 4 nitrogen and oxygen atoms in total. The van der Waals surface area contributed by atoms with E-state index in [2.05, 4.69) is 5.10 Å². The van der Waals surface area contributed by atoms with Gasteiger partial charge >= 0.3 is 0 Å². The number of rotatable bonds is 4. The van der Waals surface area contributed by atoms with Crippen molar-refractivity contribution >= 4 is 21.4 Å². The fourth-order valence-electron chi connectivity index (χ4n) is 3.09. The minimum atomic E-state index is -3.25. The highest BCUT2D eigenvalue weighted by molar-refractivity contribution is 7.90. The molecule has 0 bridgehead atoms. The van der Waals surface area contributed by atoms with E-state index in [-0.39, 0.29) is 4.90 Å². The third kappa shape index (κ3) is 3.59. The molecule has 0 amide bonds. The fourth-order valence-corrected chi connectivity index (χ4v) is 3.85. The van der Waals surface area contributed by atoms with Gasteiger partial charge in [-0.3, -0.25) is 0 Å². The molecule has 0 aliphatic carbocycles. The first-order valence-corrected chi connectivity index (χ1v) is 10.9. The van der Waals surface area contributed by atoms with Gasteiger partial charge in [0, 0.05) is 22.4 Å². The molecular weight excluding hydrogens is 392 g/mol. The van der Waals surface area contributed by atoms with Crippen LogP contribution in [0.15, 0.2) is 90.0 Å². The van der Waals surface area contributed by atoms with Gasteiger partial charge in [-0.1, -0.05) is 54.1 Å². The van der Waals surface area contributed by atoms with Crippen molar-refractivity contribution in [3.63, 3.8) is 0 Å². The normalized spacial score (nSPS) is 11.5. The lowest BCUT2D eigenvalue weighted by Gasteiger charge is -2.11. The van der Waals surface area contributed by atoms with Gasteiger partial charge < -0.3 is 0 Å². The molecule has 0 aliphatic heterocycles. The zero-order valence-electron chi connectivity index (χ0n) is 15.1. The molecule has 0 saturated carbocycles. The first-order chi connectivity index (χ1) is 13.4. The molecule has 0 saturated heterocycles. The summed E-state index contributed by atoms with van der Waals surface area (Å²) in [5.41, 5.74) is 4.60. The van der Waals surface area contributed by atoms with E-state index in [0.717, 1.165) is 28.1 Å². The Balaban J connectivity index is 1.92. The van der Waals surface area contributed by atoms with Gasteiger partial charge in [-0.25, -0.2) is 13.1 Å². The number of hydrogen-bond acceptors (Lipinski definition) is 3. The van der Waals surface area contributed by atoms with Crippen LogP contribution >= 0.6 is 11.6 Å². The standard InChI is InChI=1S/C22H17ClN2O2S/c1-28(26,27)20-13-9-17(10-14-20)22-21(16-7-11-18(23)12-8-16)15-24-25(22)19-5-3-2-4-6-19/h2-15H,1H3. The molecule has 3 aromatic carbocycles. The van der Waals surface area contributed by atoms with Gasteiger partial charge in [-0.15, -0.1) is 0 Å². The molecule has 0 radical (unpaired) electrons. The SMILES string of the molecule is CS(=O)(=O)c1ccc(-c2c(-c3ccc(Cl)cc3)cnn2-c2ccccc2)cc1. The minimum absolute atomic E-state index is 0.287. The molecule has 0 aliphatic rings. The quantitative estimate of drug-likeness (QED) is 0.462. The van der Waals surface area contributed by atoms with E-state index in [0.29, 0.717) is 5.02 Å². The third-order valence-corrected chi connectivity index (χ3v) is 5.86. The number of hydrogen-bond donors (Lipinski definition) is 0. The van der Waals surface area contributed by atoms with Gasteiger partial charge in [0.05, 0.1) is 22.5 Å². The van der Waals surface area contributed by atoms with Crippen molar-refractivity contribution in [3.8, 4) is 28.1 Å². The molecule has 140 valence electrons. The number of sulfone groups is 1. The summed E-state index contributed by atoms with van der Waals surface area (Å²) in [6, 6.07) is 24.3. The summed E-state index contributed by atoms with van der Waals surface area (Å²) in [5, 5.41) is 5.26. The average Bonchev–Trinajstić information content (AvgIpc) is 3.14. The number of benzene rings is 3. The average molecular weight is 409 g/mol. The highest BCUT2D eigenvalue weighted by Gasteiger charge is 2.17. The van der Waals surface area contributed by atoms with Gasteiger partial charge in [0.15, 0.2) is 9.84 Å². The third-order valence-electron chi connectivity index (χ3n) is 4.48. The highest BCUT2D eigenvalue weighted by atomic mass is 35.5. The van der Waals surface area contributed by atoms with Gasteiger partial charge in [-0.2, -0.15) is 5.10 Å². The van der Waals surface area contributed by atoms with Crippen molar-refractivity contribution in [1.82, 2.24) is 9.78 Å². The summed E-state index contributed by atoms with van der Waals surface area (Å²) in [5.74, 6) is 0. The predicted molar refractivity (Wildman–Crippen MR) is 113 cm³/mol. The maximum atomic E-state index is 11.8. The highest BCUT2D eigenvalue weighted by Crippen LogP contribution is 2.34. The molecule has 6 heteroatoms. The van der Waals surface area contributed by atoms with Crippen LogP contribution in [0.25, 0.3) is 28.1 Å². The molecule has 1 aromatic heterocycles. The van der Waals surface area contributed by atoms with Crippen molar-refractivity contribution in [2.45, 2.75) is 4.90 Å². The van der Waals surface area contributed by atoms with Gasteiger partial charge in [0.25, 0.3) is 0 Å². The van der Waals surface area contributed by atoms with E-state index in [1.807, 2.05) is 77.6 Å². The van der Waals surface area contributed by atoms with E-state index in [4.69, 9.17) is 11.6 Å². The zero-order chi connectivity index (χ0) is 19.7. The van der Waals surface area contributed by atoms with Gasteiger partial charge in [0.2, 0.25) is 0 Å². The Hall–Kier alpha value is -2.89. The van der Waals surface area contributed by atoms with Gasteiger partial charge in [0.1, 0.15) is 0 Å². The van der Waals surface area contributed by atoms with Crippen LogP contribution in [0, 0.1) is 0 Å². The van der Waals surface area contributed by atoms with E-state index in [9.17, 15) is 8.42 Å². The minimum Gasteiger partial charge on any atom is -0.232 e. The number of nitrogens with zero attached hydrogens (tertiary/aromatic N) is 2. The van der Waals surface area contributed by atoms with E-state index < -0.39 is 9.84 Å². The zero-order valence-corrected chi connectivity index (χ0v) is 16.7. The number of halogens is 1. The Morgan fingerprint density at radius 1 is 0.821 bits per heavy atom. The first-order valence-electron chi connectivity index (χ1n) is 8.63. The van der Waals surface area contributed by atoms with Crippen molar-refractivity contribution < 1.29 is 8.42 Å². The Kier molecular flexibility index (Phi) is 4.79. The molecule has 1 heterocycles. The second-order valence-corrected chi connectivity index (χ2v) is 8.91. The molecule has 4 aromatic rings. The maximum absolute atomic E-state index is 11.8. The van der Waals surface area contributed by atoms with Crippen LogP contribution in [0.5, 0.6) is 0 Å². The molecule has 0 fully saturated rings. The molecule has 0 atom stereocenters. The van der Waals surface area contributed by atoms with E-state index in [1.165, 1.54) is 6.26 Å². The summed E-state index contributed by atoms with van der Waals surface area (Å²) in [6.45, 7) is 0. The molecule has 0 unspecified atom stereocenters. The molecule has 4 rings (SSSR count). The first kappa shape index (κ1) is 18.5. The summed E-state index contributed by atoms with van der Waals surface area (Å²) >= 11 is 6.04. The summed E-state index contributed by atoms with van der Waals surface area (Å²) in [6.07, 6.45) is 3.02. The van der Waals surface area contributed by atoms with Crippen LogP contribution in [0.1, 0.15) is 0 Å². The molecule has 0 N–H and O–H groups in total. The van der Waals surface area contributed by atoms with E-state index >= 15 is 0 Å². The Morgan fingerprint density at radius 3 is 2.04 bits per heavy atom. The van der Waals surface area contributed by atoms with Crippen molar-refractivity contribution in [2.24, 2.45) is 0 Å². The van der Waals surface area contributed by atoms with Crippen LogP contribution in [0.4, 0.5) is 0 Å². The largest absolute Gasteiger partial charge is 0.232 e. The molecular formula is C22H17ClN2O2S. The van der Waals surface area contributed by atoms with Crippen molar-refractivity contribution in [1.29, 1.82) is 0 Å². The predicted octanol–water partition coefficient (Wildman–Crippen LogP) is 5.26. The van der Waals surface area contributed by atoms with Crippen LogP contribution < -0.4 is 0 Å². The summed E-state index contributed by atoms with van der Waals surface area (Å²) in [4.78, 5) is 0.287. The van der Waals surface area contributed by atoms with Crippen LogP contribution in [0.2, 0.25) is 5.02 Å². The van der Waals surface area contributed by atoms with E-state index in [1.54, 1.807) is 12.1 Å². The Morgan fingerprint density at radius 2 is 1.43 bits per heavy atom. The number of aromatic nitrogens is 2. The second kappa shape index (κ2) is 7.26. The number of para-hydroxylation sites is 1.